The van der Waals surface area contributed by atoms with Crippen LogP contribution in [0.3, 0.4) is 0 Å². The average Bonchev–Trinajstić information content (AvgIpc) is 3.49. The van der Waals surface area contributed by atoms with E-state index in [1.807, 2.05) is 0 Å². The zero-order valence-corrected chi connectivity index (χ0v) is 17.7. The van der Waals surface area contributed by atoms with Crippen LogP contribution in [0.15, 0.2) is 47.1 Å². The molecule has 1 aromatic carbocycles. The molecule has 3 heterocycles. The molecule has 1 aliphatic heterocycles. The first-order valence-corrected chi connectivity index (χ1v) is 10.3. The zero-order chi connectivity index (χ0) is 24.3. The van der Waals surface area contributed by atoms with Gasteiger partial charge in [-0.3, -0.25) is 0 Å². The number of aliphatic hydroxyl groups is 2. The maximum absolute atomic E-state index is 14.0. The standard InChI is InChI=1S/C22H21F3N2O7/c23-22(24,25)19-18-15(16-2-1-9-31-16)12-17(32-10-7-28)34-20(18)27(26-19)14-5-3-13(4-6-14)21(30)33-11-8-29/h1-6,9,15,17,28-29H,7-8,10-12H2/t15-,17-/m1/s1. The topological polar surface area (TPSA) is 116 Å². The molecular weight excluding hydrogens is 461 g/mol. The number of nitrogens with zero attached hydrogens (tertiary/aromatic N) is 2. The highest BCUT2D eigenvalue weighted by Crippen LogP contribution is 2.48. The van der Waals surface area contributed by atoms with Crippen molar-refractivity contribution in [2.45, 2.75) is 24.8 Å². The van der Waals surface area contributed by atoms with Crippen molar-refractivity contribution in [2.24, 2.45) is 0 Å². The lowest BCUT2D eigenvalue weighted by Crippen LogP contribution is -2.31. The number of ether oxygens (including phenoxy) is 3. The summed E-state index contributed by atoms with van der Waals surface area (Å²) in [4.78, 5) is 12.0. The van der Waals surface area contributed by atoms with E-state index in [9.17, 15) is 18.0 Å². The Morgan fingerprint density at radius 1 is 1.15 bits per heavy atom. The molecule has 182 valence electrons. The molecule has 0 saturated carbocycles. The summed E-state index contributed by atoms with van der Waals surface area (Å²) < 4.78 is 64.5. The Hall–Kier alpha value is -3.35. The Balaban J connectivity index is 1.78. The second kappa shape index (κ2) is 9.87. The Bertz CT molecular complexity index is 1110. The van der Waals surface area contributed by atoms with E-state index in [2.05, 4.69) is 5.10 Å². The van der Waals surface area contributed by atoms with Crippen molar-refractivity contribution in [1.29, 1.82) is 0 Å². The SMILES string of the molecule is O=C(OCCO)c1ccc(-n2nc(C(F)(F)F)c3c2O[C@@H](OCCO)C[C@@H]3c2ccco2)cc1. The van der Waals surface area contributed by atoms with E-state index in [0.717, 1.165) is 4.68 Å². The van der Waals surface area contributed by atoms with E-state index in [-0.39, 0.29) is 61.3 Å². The minimum Gasteiger partial charge on any atom is -0.469 e. The lowest BCUT2D eigenvalue weighted by atomic mass is 9.90. The third-order valence-electron chi connectivity index (χ3n) is 5.12. The van der Waals surface area contributed by atoms with Gasteiger partial charge in [-0.15, -0.1) is 0 Å². The molecule has 0 aliphatic carbocycles. The minimum absolute atomic E-state index is 0.0188. The van der Waals surface area contributed by atoms with Gasteiger partial charge in [0, 0.05) is 6.42 Å². The summed E-state index contributed by atoms with van der Waals surface area (Å²) in [6, 6.07) is 8.65. The first-order valence-electron chi connectivity index (χ1n) is 10.3. The fourth-order valence-corrected chi connectivity index (χ4v) is 3.70. The smallest absolute Gasteiger partial charge is 0.435 e. The van der Waals surface area contributed by atoms with Crippen LogP contribution in [-0.4, -0.2) is 58.7 Å². The number of halogens is 3. The molecule has 3 aromatic rings. The van der Waals surface area contributed by atoms with E-state index in [0.29, 0.717) is 0 Å². The van der Waals surface area contributed by atoms with Crippen molar-refractivity contribution in [3.8, 4) is 11.6 Å². The normalized spacial score (nSPS) is 17.8. The summed E-state index contributed by atoms with van der Waals surface area (Å²) in [5, 5.41) is 21.7. The molecule has 0 saturated heterocycles. The first-order chi connectivity index (χ1) is 16.3. The van der Waals surface area contributed by atoms with E-state index in [1.54, 1.807) is 12.1 Å². The molecule has 34 heavy (non-hydrogen) atoms. The molecule has 2 atom stereocenters. The number of aliphatic hydroxyl groups excluding tert-OH is 2. The zero-order valence-electron chi connectivity index (χ0n) is 17.7. The first kappa shape index (κ1) is 23.8. The van der Waals surface area contributed by atoms with Crippen LogP contribution in [0.5, 0.6) is 5.88 Å². The van der Waals surface area contributed by atoms with E-state index in [4.69, 9.17) is 28.8 Å². The fraction of sp³-hybridized carbons (Fsp3) is 0.364. The average molecular weight is 482 g/mol. The van der Waals surface area contributed by atoms with Crippen LogP contribution in [0.1, 0.15) is 39.7 Å². The molecule has 2 N–H and O–H groups in total. The van der Waals surface area contributed by atoms with Crippen LogP contribution in [0.25, 0.3) is 5.69 Å². The maximum atomic E-state index is 14.0. The second-order valence-corrected chi connectivity index (χ2v) is 7.33. The number of esters is 1. The van der Waals surface area contributed by atoms with Gasteiger partial charge in [0.05, 0.1) is 48.8 Å². The van der Waals surface area contributed by atoms with Crippen LogP contribution in [-0.2, 0) is 15.7 Å². The quantitative estimate of drug-likeness (QED) is 0.471. The predicted molar refractivity (Wildman–Crippen MR) is 109 cm³/mol. The van der Waals surface area contributed by atoms with Gasteiger partial charge in [0.15, 0.2) is 5.69 Å². The van der Waals surface area contributed by atoms with Gasteiger partial charge in [-0.25, -0.2) is 9.48 Å². The molecule has 0 bridgehead atoms. The van der Waals surface area contributed by atoms with Crippen molar-refractivity contribution in [3.63, 3.8) is 0 Å². The fourth-order valence-electron chi connectivity index (χ4n) is 3.70. The van der Waals surface area contributed by atoms with Crippen LogP contribution in [0.2, 0.25) is 0 Å². The van der Waals surface area contributed by atoms with Crippen LogP contribution in [0, 0.1) is 0 Å². The molecule has 1 aliphatic rings. The van der Waals surface area contributed by atoms with Crippen molar-refractivity contribution in [2.75, 3.05) is 26.4 Å². The van der Waals surface area contributed by atoms with Crippen molar-refractivity contribution >= 4 is 5.97 Å². The molecule has 0 fully saturated rings. The van der Waals surface area contributed by atoms with Crippen molar-refractivity contribution < 1.29 is 46.8 Å². The summed E-state index contributed by atoms with van der Waals surface area (Å²) in [6.45, 7) is -0.884. The van der Waals surface area contributed by atoms with Gasteiger partial charge in [0.2, 0.25) is 12.2 Å². The highest BCUT2D eigenvalue weighted by Gasteiger charge is 2.46. The van der Waals surface area contributed by atoms with E-state index >= 15 is 0 Å². The summed E-state index contributed by atoms with van der Waals surface area (Å²) in [7, 11) is 0. The Morgan fingerprint density at radius 2 is 1.88 bits per heavy atom. The Morgan fingerprint density at radius 3 is 2.50 bits per heavy atom. The number of carbonyl (C=O) groups excluding carboxylic acids is 1. The highest BCUT2D eigenvalue weighted by atomic mass is 19.4. The van der Waals surface area contributed by atoms with Crippen LogP contribution in [0.4, 0.5) is 13.2 Å². The number of alkyl halides is 3. The van der Waals surface area contributed by atoms with Gasteiger partial charge in [-0.2, -0.15) is 18.3 Å². The molecular formula is C22H21F3N2O7. The monoisotopic (exact) mass is 482 g/mol. The summed E-state index contributed by atoms with van der Waals surface area (Å²) in [5.41, 5.74) is -0.979. The molecule has 4 rings (SSSR count). The molecule has 12 heteroatoms. The Labute approximate surface area is 191 Å². The van der Waals surface area contributed by atoms with Crippen LogP contribution >= 0.6 is 0 Å². The van der Waals surface area contributed by atoms with E-state index in [1.165, 1.54) is 30.5 Å². The summed E-state index contributed by atoms with van der Waals surface area (Å²) in [6.07, 6.45) is -4.36. The van der Waals surface area contributed by atoms with Crippen LogP contribution < -0.4 is 4.74 Å². The molecule has 9 nitrogen and oxygen atoms in total. The maximum Gasteiger partial charge on any atom is 0.435 e. The number of hydrogen-bond donors (Lipinski definition) is 2. The van der Waals surface area contributed by atoms with Crippen molar-refractivity contribution in [1.82, 2.24) is 9.78 Å². The lowest BCUT2D eigenvalue weighted by Gasteiger charge is -2.30. The Kier molecular flexibility index (Phi) is 6.91. The number of benzene rings is 1. The summed E-state index contributed by atoms with van der Waals surface area (Å²) in [5.74, 6) is -1.45. The number of furan rings is 1. The third kappa shape index (κ3) is 4.79. The second-order valence-electron chi connectivity index (χ2n) is 7.33. The number of carbonyl (C=O) groups is 1. The van der Waals surface area contributed by atoms with Gasteiger partial charge in [0.25, 0.3) is 0 Å². The summed E-state index contributed by atoms with van der Waals surface area (Å²) >= 11 is 0. The van der Waals surface area contributed by atoms with E-state index < -0.39 is 30.0 Å². The molecule has 0 amide bonds. The van der Waals surface area contributed by atoms with Gasteiger partial charge in [-0.1, -0.05) is 0 Å². The predicted octanol–water partition coefficient (Wildman–Crippen LogP) is 2.88. The molecule has 2 aromatic heterocycles. The van der Waals surface area contributed by atoms with Gasteiger partial charge < -0.3 is 28.8 Å². The minimum atomic E-state index is -4.78. The highest BCUT2D eigenvalue weighted by molar-refractivity contribution is 5.89. The number of hydrogen-bond acceptors (Lipinski definition) is 8. The largest absolute Gasteiger partial charge is 0.469 e. The molecule has 0 spiro atoms. The lowest BCUT2D eigenvalue weighted by molar-refractivity contribution is -0.143. The molecule has 0 unspecified atom stereocenters. The number of rotatable bonds is 8. The number of aromatic nitrogens is 2. The van der Waals surface area contributed by atoms with Gasteiger partial charge >= 0.3 is 12.1 Å². The van der Waals surface area contributed by atoms with Gasteiger partial charge in [0.1, 0.15) is 12.4 Å². The third-order valence-corrected chi connectivity index (χ3v) is 5.12. The van der Waals surface area contributed by atoms with Crippen molar-refractivity contribution in [3.05, 3.63) is 65.2 Å². The number of fused-ring (bicyclic) bond motifs is 1. The van der Waals surface area contributed by atoms with Gasteiger partial charge in [-0.05, 0) is 36.4 Å². The molecule has 0 radical (unpaired) electrons.